The fraction of sp³-hybridized carbons (Fsp3) is 0.143. The van der Waals surface area contributed by atoms with Crippen LogP contribution in [0.25, 0.3) is 11.5 Å². The molecule has 0 unspecified atom stereocenters. The summed E-state index contributed by atoms with van der Waals surface area (Å²) in [6.07, 6.45) is 4.75. The molecule has 1 aliphatic heterocycles. The van der Waals surface area contributed by atoms with Crippen molar-refractivity contribution < 1.29 is 13.7 Å². The van der Waals surface area contributed by atoms with Gasteiger partial charge in [-0.05, 0) is 12.1 Å². The number of rotatable bonds is 2. The highest BCUT2D eigenvalue weighted by Crippen LogP contribution is 2.24. The highest BCUT2D eigenvalue weighted by Gasteiger charge is 2.27. The molecule has 4 rings (SSSR count). The average Bonchev–Trinajstić information content (AvgIpc) is 3.24. The maximum Gasteiger partial charge on any atom is 0.276 e. The van der Waals surface area contributed by atoms with Gasteiger partial charge in [0.2, 0.25) is 5.76 Å². The van der Waals surface area contributed by atoms with Crippen molar-refractivity contribution in [3.8, 4) is 11.5 Å². The SMILES string of the molecule is O=C(c1cc(-c2ccco2)on1)N1Cc2cncnc2C1. The summed E-state index contributed by atoms with van der Waals surface area (Å²) in [5, 5.41) is 3.82. The molecule has 4 heterocycles. The van der Waals surface area contributed by atoms with Gasteiger partial charge in [0.1, 0.15) is 6.33 Å². The Morgan fingerprint density at radius 3 is 3.05 bits per heavy atom. The van der Waals surface area contributed by atoms with Crippen molar-refractivity contribution in [1.82, 2.24) is 20.0 Å². The summed E-state index contributed by atoms with van der Waals surface area (Å²) < 4.78 is 10.4. The first-order valence-electron chi connectivity index (χ1n) is 6.39. The summed E-state index contributed by atoms with van der Waals surface area (Å²) in [5.74, 6) is 0.770. The molecule has 7 nitrogen and oxygen atoms in total. The zero-order chi connectivity index (χ0) is 14.2. The normalized spacial score (nSPS) is 13.4. The summed E-state index contributed by atoms with van der Waals surface area (Å²) in [5.41, 5.74) is 2.08. The molecule has 0 bridgehead atoms. The number of carbonyl (C=O) groups is 1. The monoisotopic (exact) mass is 282 g/mol. The van der Waals surface area contributed by atoms with Crippen LogP contribution in [0.3, 0.4) is 0 Å². The van der Waals surface area contributed by atoms with E-state index in [4.69, 9.17) is 8.94 Å². The summed E-state index contributed by atoms with van der Waals surface area (Å²) in [4.78, 5) is 22.2. The third kappa shape index (κ3) is 1.99. The highest BCUT2D eigenvalue weighted by molar-refractivity contribution is 5.93. The number of furan rings is 1. The highest BCUT2D eigenvalue weighted by atomic mass is 16.5. The van der Waals surface area contributed by atoms with E-state index in [2.05, 4.69) is 15.1 Å². The van der Waals surface area contributed by atoms with Crippen molar-refractivity contribution in [3.05, 3.63) is 53.9 Å². The van der Waals surface area contributed by atoms with E-state index in [1.54, 1.807) is 29.3 Å². The van der Waals surface area contributed by atoms with Crippen molar-refractivity contribution in [3.63, 3.8) is 0 Å². The molecule has 3 aromatic rings. The Hall–Kier alpha value is -2.96. The smallest absolute Gasteiger partial charge is 0.276 e. The van der Waals surface area contributed by atoms with Gasteiger partial charge in [0.05, 0.1) is 18.5 Å². The number of carbonyl (C=O) groups excluding carboxylic acids is 1. The first-order valence-corrected chi connectivity index (χ1v) is 6.39. The number of fused-ring (bicyclic) bond motifs is 1. The second kappa shape index (κ2) is 4.55. The average molecular weight is 282 g/mol. The molecule has 7 heteroatoms. The summed E-state index contributed by atoms with van der Waals surface area (Å²) in [6, 6.07) is 5.07. The Kier molecular flexibility index (Phi) is 2.56. The van der Waals surface area contributed by atoms with Crippen LogP contribution in [0, 0.1) is 0 Å². The van der Waals surface area contributed by atoms with E-state index < -0.39 is 0 Å². The molecule has 1 amide bonds. The predicted molar refractivity (Wildman–Crippen MR) is 69.8 cm³/mol. The zero-order valence-corrected chi connectivity index (χ0v) is 10.9. The zero-order valence-electron chi connectivity index (χ0n) is 10.9. The largest absolute Gasteiger partial charge is 0.461 e. The predicted octanol–water partition coefficient (Wildman–Crippen LogP) is 1.88. The van der Waals surface area contributed by atoms with Crippen LogP contribution in [0.2, 0.25) is 0 Å². The van der Waals surface area contributed by atoms with Gasteiger partial charge in [0.15, 0.2) is 11.5 Å². The molecule has 0 fully saturated rings. The Labute approximate surface area is 119 Å². The number of aromatic nitrogens is 3. The lowest BCUT2D eigenvalue weighted by atomic mass is 10.3. The van der Waals surface area contributed by atoms with Gasteiger partial charge in [-0.3, -0.25) is 4.79 Å². The van der Waals surface area contributed by atoms with Crippen LogP contribution in [-0.4, -0.2) is 25.9 Å². The van der Waals surface area contributed by atoms with Crippen LogP contribution in [-0.2, 0) is 13.1 Å². The minimum atomic E-state index is -0.199. The first kappa shape index (κ1) is 11.8. The minimum absolute atomic E-state index is 0.199. The van der Waals surface area contributed by atoms with E-state index in [0.29, 0.717) is 24.6 Å². The molecule has 21 heavy (non-hydrogen) atoms. The van der Waals surface area contributed by atoms with Crippen LogP contribution >= 0.6 is 0 Å². The molecule has 0 saturated heterocycles. The molecule has 0 spiro atoms. The minimum Gasteiger partial charge on any atom is -0.461 e. The van der Waals surface area contributed by atoms with Crippen molar-refractivity contribution in [2.24, 2.45) is 0 Å². The van der Waals surface area contributed by atoms with Gasteiger partial charge in [0.25, 0.3) is 5.91 Å². The Morgan fingerprint density at radius 1 is 1.29 bits per heavy atom. The number of hydrogen-bond donors (Lipinski definition) is 0. The molecule has 0 atom stereocenters. The van der Waals surface area contributed by atoms with Crippen LogP contribution < -0.4 is 0 Å². The molecule has 0 saturated carbocycles. The third-order valence-electron chi connectivity index (χ3n) is 3.36. The number of amides is 1. The second-order valence-corrected chi connectivity index (χ2v) is 4.71. The fourth-order valence-electron chi connectivity index (χ4n) is 2.32. The van der Waals surface area contributed by atoms with E-state index in [0.717, 1.165) is 11.3 Å². The summed E-state index contributed by atoms with van der Waals surface area (Å²) in [7, 11) is 0. The lowest BCUT2D eigenvalue weighted by Crippen LogP contribution is -2.25. The van der Waals surface area contributed by atoms with Gasteiger partial charge in [-0.15, -0.1) is 0 Å². The molecule has 0 aliphatic carbocycles. The van der Waals surface area contributed by atoms with Gasteiger partial charge >= 0.3 is 0 Å². The maximum absolute atomic E-state index is 12.4. The second-order valence-electron chi connectivity index (χ2n) is 4.71. The van der Waals surface area contributed by atoms with Gasteiger partial charge in [-0.25, -0.2) is 9.97 Å². The first-order chi connectivity index (χ1) is 10.3. The fourth-order valence-corrected chi connectivity index (χ4v) is 2.32. The van der Waals surface area contributed by atoms with E-state index in [1.807, 2.05) is 0 Å². The summed E-state index contributed by atoms with van der Waals surface area (Å²) in [6.45, 7) is 0.942. The van der Waals surface area contributed by atoms with Crippen LogP contribution in [0.1, 0.15) is 21.7 Å². The van der Waals surface area contributed by atoms with Crippen molar-refractivity contribution in [2.75, 3.05) is 0 Å². The lowest BCUT2D eigenvalue weighted by molar-refractivity contribution is 0.0740. The third-order valence-corrected chi connectivity index (χ3v) is 3.36. The molecule has 3 aromatic heterocycles. The van der Waals surface area contributed by atoms with E-state index in [-0.39, 0.29) is 11.6 Å². The van der Waals surface area contributed by atoms with Crippen molar-refractivity contribution in [2.45, 2.75) is 13.1 Å². The Morgan fingerprint density at radius 2 is 2.24 bits per heavy atom. The van der Waals surface area contributed by atoms with Gasteiger partial charge < -0.3 is 13.8 Å². The number of hydrogen-bond acceptors (Lipinski definition) is 6. The molecule has 0 N–H and O–H groups in total. The lowest BCUT2D eigenvalue weighted by Gasteiger charge is -2.12. The van der Waals surface area contributed by atoms with E-state index in [9.17, 15) is 4.79 Å². The van der Waals surface area contributed by atoms with Gasteiger partial charge in [0, 0.05) is 24.4 Å². The Balaban J connectivity index is 1.57. The molecule has 1 aliphatic rings. The molecular weight excluding hydrogens is 272 g/mol. The molecule has 0 radical (unpaired) electrons. The van der Waals surface area contributed by atoms with Gasteiger partial charge in [-0.1, -0.05) is 5.16 Å². The molecule has 0 aromatic carbocycles. The summed E-state index contributed by atoms with van der Waals surface area (Å²) >= 11 is 0. The maximum atomic E-state index is 12.4. The van der Waals surface area contributed by atoms with E-state index >= 15 is 0 Å². The van der Waals surface area contributed by atoms with Crippen LogP contribution in [0.5, 0.6) is 0 Å². The van der Waals surface area contributed by atoms with Crippen LogP contribution in [0.15, 0.2) is 45.9 Å². The standard InChI is InChI=1S/C14H10N4O3/c19-14(18-6-9-5-15-8-16-11(9)7-18)10-4-13(21-17-10)12-2-1-3-20-12/h1-5,8H,6-7H2. The number of nitrogens with zero attached hydrogens (tertiary/aromatic N) is 4. The van der Waals surface area contributed by atoms with Crippen LogP contribution in [0.4, 0.5) is 0 Å². The van der Waals surface area contributed by atoms with E-state index in [1.165, 1.54) is 12.6 Å². The van der Waals surface area contributed by atoms with Crippen molar-refractivity contribution in [1.29, 1.82) is 0 Å². The molecule has 104 valence electrons. The van der Waals surface area contributed by atoms with Gasteiger partial charge in [-0.2, -0.15) is 0 Å². The Bertz CT molecular complexity index is 769. The van der Waals surface area contributed by atoms with Crippen molar-refractivity contribution >= 4 is 5.91 Å². The topological polar surface area (TPSA) is 85.3 Å². The molecular formula is C14H10N4O3. The quantitative estimate of drug-likeness (QED) is 0.713.